The number of thiol groups is 1. The molecule has 0 rings (SSSR count). The van der Waals surface area contributed by atoms with Gasteiger partial charge in [-0.25, -0.2) is 0 Å². The molecule has 0 aromatic heterocycles. The molecule has 0 bridgehead atoms. The van der Waals surface area contributed by atoms with Gasteiger partial charge in [-0.05, 0) is 6.92 Å². The Hall–Kier alpha value is -0.300. The summed E-state index contributed by atoms with van der Waals surface area (Å²) in [5.74, 6) is -1.05. The van der Waals surface area contributed by atoms with E-state index in [1.807, 2.05) is 0 Å². The van der Waals surface area contributed by atoms with E-state index in [2.05, 4.69) is 17.9 Å². The Bertz CT molecular complexity index is 152. The van der Waals surface area contributed by atoms with Crippen LogP contribution >= 0.6 is 12.6 Å². The lowest BCUT2D eigenvalue weighted by atomic mass is 10.3. The molecule has 0 aromatic carbocycles. The van der Waals surface area contributed by atoms with Crippen LogP contribution in [0.15, 0.2) is 0 Å². The van der Waals surface area contributed by atoms with Gasteiger partial charge in [0.1, 0.15) is 12.3 Å². The number of hydrogen-bond acceptors (Lipinski definition) is 5. The van der Waals surface area contributed by atoms with Gasteiger partial charge in [0.25, 0.3) is 0 Å². The van der Waals surface area contributed by atoms with E-state index >= 15 is 0 Å². The second kappa shape index (κ2) is 5.36. The highest BCUT2D eigenvalue weighted by molar-refractivity contribution is 7.80. The molecule has 0 radical (unpaired) electrons. The zero-order chi connectivity index (χ0) is 9.72. The number of aliphatic hydroxyl groups is 2. The summed E-state index contributed by atoms with van der Waals surface area (Å²) >= 11 is 3.76. The lowest BCUT2D eigenvalue weighted by Crippen LogP contribution is -2.48. The van der Waals surface area contributed by atoms with Crippen LogP contribution in [0.1, 0.15) is 6.92 Å². The predicted molar refractivity (Wildman–Crippen MR) is 46.1 cm³/mol. The molecule has 6 heteroatoms. The van der Waals surface area contributed by atoms with Gasteiger partial charge in [0.2, 0.25) is 0 Å². The number of hydrogen-bond donors (Lipinski definition) is 5. The van der Waals surface area contributed by atoms with E-state index in [1.54, 1.807) is 0 Å². The van der Waals surface area contributed by atoms with Crippen LogP contribution < -0.4 is 5.32 Å². The molecule has 0 saturated heterocycles. The fourth-order valence-electron chi connectivity index (χ4n) is 0.547. The van der Waals surface area contributed by atoms with Crippen molar-refractivity contribution >= 4 is 18.6 Å². The van der Waals surface area contributed by atoms with Gasteiger partial charge in [-0.1, -0.05) is 0 Å². The highest BCUT2D eigenvalue weighted by Crippen LogP contribution is 1.93. The summed E-state index contributed by atoms with van der Waals surface area (Å²) in [5.41, 5.74) is 0. The number of carboxylic acids is 1. The van der Waals surface area contributed by atoms with E-state index in [0.29, 0.717) is 0 Å². The van der Waals surface area contributed by atoms with E-state index < -0.39 is 24.3 Å². The molecule has 0 aliphatic rings. The summed E-state index contributed by atoms with van der Waals surface area (Å²) in [4.78, 5) is 10.4. The second-order valence-electron chi connectivity index (χ2n) is 2.43. The summed E-state index contributed by atoms with van der Waals surface area (Å²) in [6.07, 6.45) is -2.25. The minimum atomic E-state index is -1.24. The van der Waals surface area contributed by atoms with Gasteiger partial charge in [0.15, 0.2) is 0 Å². The van der Waals surface area contributed by atoms with Crippen molar-refractivity contribution in [3.05, 3.63) is 0 Å². The second-order valence-corrected chi connectivity index (χ2v) is 2.79. The van der Waals surface area contributed by atoms with Crippen LogP contribution in [0.4, 0.5) is 0 Å². The smallest absolute Gasteiger partial charge is 0.321 e. The molecule has 12 heavy (non-hydrogen) atoms. The van der Waals surface area contributed by atoms with Gasteiger partial charge >= 0.3 is 5.97 Å². The lowest BCUT2D eigenvalue weighted by Gasteiger charge is -2.19. The summed E-state index contributed by atoms with van der Waals surface area (Å²) in [7, 11) is 0. The molecule has 0 heterocycles. The molecule has 0 saturated carbocycles. The molecule has 3 atom stereocenters. The number of carbonyl (C=O) groups is 1. The van der Waals surface area contributed by atoms with Crippen molar-refractivity contribution in [3.63, 3.8) is 0 Å². The molecule has 0 aromatic rings. The average Bonchev–Trinajstić information content (AvgIpc) is 1.98. The molecule has 0 aliphatic carbocycles. The minimum Gasteiger partial charge on any atom is -0.480 e. The molecule has 0 spiro atoms. The first-order valence-electron chi connectivity index (χ1n) is 3.45. The summed E-state index contributed by atoms with van der Waals surface area (Å²) < 4.78 is 0. The molecular formula is C6H13NO4S. The van der Waals surface area contributed by atoms with Gasteiger partial charge in [-0.2, -0.15) is 12.6 Å². The van der Waals surface area contributed by atoms with Crippen molar-refractivity contribution < 1.29 is 20.1 Å². The van der Waals surface area contributed by atoms with Gasteiger partial charge in [0.05, 0.1) is 6.10 Å². The minimum absolute atomic E-state index is 0.0547. The quantitative estimate of drug-likeness (QED) is 0.277. The monoisotopic (exact) mass is 195 g/mol. The first-order valence-corrected chi connectivity index (χ1v) is 4.08. The average molecular weight is 195 g/mol. The van der Waals surface area contributed by atoms with Crippen LogP contribution in [0, 0.1) is 0 Å². The highest BCUT2D eigenvalue weighted by Gasteiger charge is 2.20. The molecule has 0 amide bonds. The van der Waals surface area contributed by atoms with Gasteiger partial charge in [0, 0.05) is 5.75 Å². The Balaban J connectivity index is 3.94. The number of aliphatic carboxylic acids is 1. The largest absolute Gasteiger partial charge is 0.480 e. The van der Waals surface area contributed by atoms with Gasteiger partial charge in [-0.3, -0.25) is 10.1 Å². The lowest BCUT2D eigenvalue weighted by molar-refractivity contribution is -0.140. The van der Waals surface area contributed by atoms with Crippen molar-refractivity contribution in [1.82, 2.24) is 5.32 Å². The maximum absolute atomic E-state index is 10.4. The van der Waals surface area contributed by atoms with Gasteiger partial charge < -0.3 is 15.3 Å². The third-order valence-electron chi connectivity index (χ3n) is 1.31. The Morgan fingerprint density at radius 3 is 2.33 bits per heavy atom. The maximum Gasteiger partial charge on any atom is 0.321 e. The Morgan fingerprint density at radius 1 is 1.58 bits per heavy atom. The van der Waals surface area contributed by atoms with Crippen molar-refractivity contribution in [2.45, 2.75) is 25.3 Å². The maximum atomic E-state index is 10.4. The molecule has 0 aliphatic heterocycles. The van der Waals surface area contributed by atoms with Crippen LogP contribution in [0.3, 0.4) is 0 Å². The Morgan fingerprint density at radius 2 is 2.08 bits per heavy atom. The van der Waals surface area contributed by atoms with Crippen LogP contribution in [-0.4, -0.2) is 45.4 Å². The topological polar surface area (TPSA) is 89.8 Å². The van der Waals surface area contributed by atoms with Crippen LogP contribution in [0.25, 0.3) is 0 Å². The summed E-state index contributed by atoms with van der Waals surface area (Å²) in [5, 5.41) is 28.6. The van der Waals surface area contributed by atoms with E-state index in [-0.39, 0.29) is 5.75 Å². The van der Waals surface area contributed by atoms with E-state index in [4.69, 9.17) is 15.3 Å². The van der Waals surface area contributed by atoms with Gasteiger partial charge in [-0.15, -0.1) is 0 Å². The first-order chi connectivity index (χ1) is 5.49. The van der Waals surface area contributed by atoms with Crippen LogP contribution in [0.5, 0.6) is 0 Å². The normalized spacial score (nSPS) is 18.3. The van der Waals surface area contributed by atoms with Crippen molar-refractivity contribution in [2.75, 3.05) is 5.75 Å². The fourth-order valence-corrected chi connectivity index (χ4v) is 0.809. The van der Waals surface area contributed by atoms with Crippen LogP contribution in [0.2, 0.25) is 0 Å². The summed E-state index contributed by atoms with van der Waals surface area (Å²) in [6.45, 7) is 1.36. The van der Waals surface area contributed by atoms with Crippen molar-refractivity contribution in [3.8, 4) is 0 Å². The zero-order valence-corrected chi connectivity index (χ0v) is 7.53. The summed E-state index contributed by atoms with van der Waals surface area (Å²) in [6, 6.07) is -0.946. The van der Waals surface area contributed by atoms with Crippen molar-refractivity contribution in [2.24, 2.45) is 0 Å². The standard InChI is InChI=1S/C6H13NO4S/c1-3(8)5(9)7-4(2-12)6(10)11/h3-5,7-9,12H,2H2,1H3,(H,10,11). The number of aliphatic hydroxyl groups excluding tert-OH is 2. The Labute approximate surface area is 75.8 Å². The SMILES string of the molecule is CC(O)C(O)NC(CS)C(=O)O. The number of rotatable bonds is 5. The number of nitrogens with one attached hydrogen (secondary N) is 1. The van der Waals surface area contributed by atoms with E-state index in [1.165, 1.54) is 6.92 Å². The van der Waals surface area contributed by atoms with Crippen molar-refractivity contribution in [1.29, 1.82) is 0 Å². The first kappa shape index (κ1) is 11.7. The predicted octanol–water partition coefficient (Wildman–Crippen LogP) is -1.34. The molecular weight excluding hydrogens is 182 g/mol. The van der Waals surface area contributed by atoms with E-state index in [0.717, 1.165) is 0 Å². The molecule has 4 N–H and O–H groups in total. The Kier molecular flexibility index (Phi) is 5.23. The molecule has 3 unspecified atom stereocenters. The van der Waals surface area contributed by atoms with Crippen LogP contribution in [-0.2, 0) is 4.79 Å². The molecule has 72 valence electrons. The molecule has 5 nitrogen and oxygen atoms in total. The zero-order valence-electron chi connectivity index (χ0n) is 6.64. The molecule has 0 fully saturated rings. The fraction of sp³-hybridized carbons (Fsp3) is 0.833. The number of carboxylic acid groups (broad SMARTS) is 1. The highest BCUT2D eigenvalue weighted by atomic mass is 32.1. The third kappa shape index (κ3) is 3.91. The third-order valence-corrected chi connectivity index (χ3v) is 1.67. The van der Waals surface area contributed by atoms with E-state index in [9.17, 15) is 4.79 Å².